The first-order chi connectivity index (χ1) is 8.80. The highest BCUT2D eigenvalue weighted by Crippen LogP contribution is 2.21. The van der Waals surface area contributed by atoms with Gasteiger partial charge in [0, 0.05) is 6.54 Å². The van der Waals surface area contributed by atoms with E-state index < -0.39 is 5.56 Å². The lowest BCUT2D eigenvalue weighted by Gasteiger charge is -2.18. The highest BCUT2D eigenvalue weighted by molar-refractivity contribution is 5.56. The molecule has 5 heteroatoms. The van der Waals surface area contributed by atoms with Crippen LogP contribution >= 0.6 is 0 Å². The predicted molar refractivity (Wildman–Crippen MR) is 73.7 cm³/mol. The average molecular weight is 261 g/mol. The van der Waals surface area contributed by atoms with Gasteiger partial charge in [-0.05, 0) is 24.8 Å². The largest absolute Gasteiger partial charge is 0.504 e. The summed E-state index contributed by atoms with van der Waals surface area (Å²) in [5.41, 5.74) is -0.492. The van der Waals surface area contributed by atoms with Gasteiger partial charge >= 0.3 is 0 Å². The van der Waals surface area contributed by atoms with E-state index in [2.05, 4.69) is 25.9 Å². The van der Waals surface area contributed by atoms with Crippen molar-refractivity contribution in [3.63, 3.8) is 0 Å². The minimum absolute atomic E-state index is 0.0621. The second-order valence-corrected chi connectivity index (χ2v) is 5.56. The Morgan fingerprint density at radius 3 is 2.58 bits per heavy atom. The molecule has 0 radical (unpaired) electrons. The van der Waals surface area contributed by atoms with E-state index in [9.17, 15) is 9.90 Å². The second-order valence-electron chi connectivity index (χ2n) is 5.56. The molecule has 0 unspecified atom stereocenters. The molecule has 0 aliphatic rings. The van der Waals surface area contributed by atoms with Crippen LogP contribution in [0.3, 0.4) is 0 Å². The average Bonchev–Trinajstić information content (AvgIpc) is 2.31. The quantitative estimate of drug-likeness (QED) is 0.905. The lowest BCUT2D eigenvalue weighted by molar-refractivity contribution is 0.334. The first-order valence-corrected chi connectivity index (χ1v) is 6.17. The van der Waals surface area contributed by atoms with E-state index in [0.717, 1.165) is 6.42 Å². The van der Waals surface area contributed by atoms with Crippen molar-refractivity contribution in [2.75, 3.05) is 0 Å². The van der Waals surface area contributed by atoms with Crippen LogP contribution in [0.4, 0.5) is 0 Å². The van der Waals surface area contributed by atoms with Gasteiger partial charge in [-0.3, -0.25) is 4.79 Å². The number of aromatic nitrogens is 2. The summed E-state index contributed by atoms with van der Waals surface area (Å²) in [6.07, 6.45) is 4.02. The lowest BCUT2D eigenvalue weighted by atomic mass is 9.92. The van der Waals surface area contributed by atoms with Crippen LogP contribution < -0.4 is 5.56 Å². The SMILES string of the molecule is C/C=C/c1nn(CCC(C)(C)C)c(=O)c(C#N)c1O. The van der Waals surface area contributed by atoms with Crippen LogP contribution in [0.1, 0.15) is 45.4 Å². The van der Waals surface area contributed by atoms with Gasteiger partial charge in [-0.1, -0.05) is 26.8 Å². The molecule has 1 N–H and O–H groups in total. The fraction of sp³-hybridized carbons (Fsp3) is 0.500. The number of hydrogen-bond acceptors (Lipinski definition) is 4. The van der Waals surface area contributed by atoms with E-state index in [0.29, 0.717) is 6.54 Å². The van der Waals surface area contributed by atoms with Crippen molar-refractivity contribution in [1.29, 1.82) is 5.26 Å². The minimum atomic E-state index is -0.544. The molecular formula is C14H19N3O2. The topological polar surface area (TPSA) is 78.9 Å². The molecule has 0 atom stereocenters. The predicted octanol–water partition coefficient (Wildman–Crippen LogP) is 2.29. The fourth-order valence-corrected chi connectivity index (χ4v) is 1.55. The molecule has 0 aliphatic heterocycles. The number of aromatic hydroxyl groups is 1. The Kier molecular flexibility index (Phi) is 4.49. The Balaban J connectivity index is 3.30. The number of rotatable bonds is 3. The molecule has 0 saturated heterocycles. The summed E-state index contributed by atoms with van der Waals surface area (Å²) in [6.45, 7) is 8.39. The zero-order valence-corrected chi connectivity index (χ0v) is 11.8. The van der Waals surface area contributed by atoms with Crippen LogP contribution in [0.25, 0.3) is 6.08 Å². The van der Waals surface area contributed by atoms with Crippen molar-refractivity contribution in [1.82, 2.24) is 9.78 Å². The molecule has 102 valence electrons. The van der Waals surface area contributed by atoms with E-state index in [1.807, 2.05) is 0 Å². The van der Waals surface area contributed by atoms with Gasteiger partial charge in [0.25, 0.3) is 5.56 Å². The van der Waals surface area contributed by atoms with Gasteiger partial charge in [0.15, 0.2) is 11.3 Å². The third-order valence-corrected chi connectivity index (χ3v) is 2.67. The van der Waals surface area contributed by atoms with Gasteiger partial charge in [0.05, 0.1) is 0 Å². The fourth-order valence-electron chi connectivity index (χ4n) is 1.55. The van der Waals surface area contributed by atoms with E-state index in [-0.39, 0.29) is 22.4 Å². The van der Waals surface area contributed by atoms with Gasteiger partial charge in [0.1, 0.15) is 11.8 Å². The maximum atomic E-state index is 12.0. The highest BCUT2D eigenvalue weighted by atomic mass is 16.3. The molecule has 0 bridgehead atoms. The summed E-state index contributed by atoms with van der Waals surface area (Å²) < 4.78 is 1.25. The zero-order chi connectivity index (χ0) is 14.6. The molecule has 1 rings (SSSR count). The van der Waals surface area contributed by atoms with Gasteiger partial charge in [-0.2, -0.15) is 10.4 Å². The second kappa shape index (κ2) is 5.70. The van der Waals surface area contributed by atoms with Crippen molar-refractivity contribution in [2.24, 2.45) is 5.41 Å². The molecule has 5 nitrogen and oxygen atoms in total. The number of hydrogen-bond donors (Lipinski definition) is 1. The molecular weight excluding hydrogens is 242 g/mol. The zero-order valence-electron chi connectivity index (χ0n) is 11.8. The molecule has 0 saturated carbocycles. The molecule has 0 fully saturated rings. The molecule has 0 amide bonds. The first-order valence-electron chi connectivity index (χ1n) is 6.17. The highest BCUT2D eigenvalue weighted by Gasteiger charge is 2.17. The molecule has 19 heavy (non-hydrogen) atoms. The molecule has 1 heterocycles. The van der Waals surface area contributed by atoms with Crippen molar-refractivity contribution in [2.45, 2.75) is 40.7 Å². The summed E-state index contributed by atoms with van der Waals surface area (Å²) in [5, 5.41) is 22.9. The Morgan fingerprint density at radius 1 is 1.47 bits per heavy atom. The normalized spacial score (nSPS) is 11.7. The van der Waals surface area contributed by atoms with Crippen LogP contribution in [0.5, 0.6) is 5.75 Å². The van der Waals surface area contributed by atoms with Crippen LogP contribution in [0, 0.1) is 16.7 Å². The smallest absolute Gasteiger partial charge is 0.288 e. The van der Waals surface area contributed by atoms with Crippen molar-refractivity contribution in [3.8, 4) is 11.8 Å². The third-order valence-electron chi connectivity index (χ3n) is 2.67. The summed E-state index contributed by atoms with van der Waals surface area (Å²) in [4.78, 5) is 12.0. The van der Waals surface area contributed by atoms with Crippen molar-refractivity contribution >= 4 is 6.08 Å². The Morgan fingerprint density at radius 2 is 2.11 bits per heavy atom. The molecule has 1 aromatic heterocycles. The number of allylic oxidation sites excluding steroid dienone is 1. The number of nitriles is 1. The standard InChI is InChI=1S/C14H19N3O2/c1-5-6-11-12(18)10(9-15)13(19)17(16-11)8-7-14(2,3)4/h5-6,18H,7-8H2,1-4H3/b6-5+. The summed E-state index contributed by atoms with van der Waals surface area (Å²) in [6, 6.07) is 1.74. The Hall–Kier alpha value is -2.09. The van der Waals surface area contributed by atoms with Crippen molar-refractivity contribution in [3.05, 3.63) is 27.7 Å². The lowest BCUT2D eigenvalue weighted by Crippen LogP contribution is -2.28. The van der Waals surface area contributed by atoms with E-state index in [4.69, 9.17) is 5.26 Å². The van der Waals surface area contributed by atoms with Crippen LogP contribution in [-0.2, 0) is 6.54 Å². The van der Waals surface area contributed by atoms with Gasteiger partial charge in [-0.25, -0.2) is 4.68 Å². The first kappa shape index (κ1) is 15.0. The monoisotopic (exact) mass is 261 g/mol. The van der Waals surface area contributed by atoms with E-state index in [1.54, 1.807) is 25.1 Å². The van der Waals surface area contributed by atoms with Crippen molar-refractivity contribution < 1.29 is 5.11 Å². The van der Waals surface area contributed by atoms with Crippen LogP contribution in [-0.4, -0.2) is 14.9 Å². The van der Waals surface area contributed by atoms with Gasteiger partial charge < -0.3 is 5.11 Å². The number of aryl methyl sites for hydroxylation is 1. The Bertz CT molecular complexity index is 586. The van der Waals surface area contributed by atoms with E-state index >= 15 is 0 Å². The van der Waals surface area contributed by atoms with Crippen LogP contribution in [0.15, 0.2) is 10.9 Å². The maximum Gasteiger partial charge on any atom is 0.288 e. The number of nitrogens with zero attached hydrogens (tertiary/aromatic N) is 3. The Labute approximate surface area is 112 Å². The molecule has 0 aliphatic carbocycles. The van der Waals surface area contributed by atoms with E-state index in [1.165, 1.54) is 4.68 Å². The van der Waals surface area contributed by atoms with Gasteiger partial charge in [-0.15, -0.1) is 0 Å². The minimum Gasteiger partial charge on any atom is -0.504 e. The summed E-state index contributed by atoms with van der Waals surface area (Å²) >= 11 is 0. The van der Waals surface area contributed by atoms with Gasteiger partial charge in [0.2, 0.25) is 0 Å². The molecule has 1 aromatic rings. The molecule has 0 aromatic carbocycles. The van der Waals surface area contributed by atoms with Crippen LogP contribution in [0.2, 0.25) is 0 Å². The molecule has 0 spiro atoms. The summed E-state index contributed by atoms with van der Waals surface area (Å²) in [7, 11) is 0. The summed E-state index contributed by atoms with van der Waals surface area (Å²) in [5.74, 6) is -0.349. The third kappa shape index (κ3) is 3.68. The maximum absolute atomic E-state index is 12.0.